The minimum Gasteiger partial charge on any atom is -0.372 e. The van der Waals surface area contributed by atoms with Crippen LogP contribution in [0.15, 0.2) is 29.3 Å². The van der Waals surface area contributed by atoms with Crippen LogP contribution in [0, 0.1) is 5.92 Å². The average Bonchev–Trinajstić information content (AvgIpc) is 3.26. The van der Waals surface area contributed by atoms with Crippen molar-refractivity contribution in [3.63, 3.8) is 0 Å². The zero-order valence-corrected chi connectivity index (χ0v) is 20.1. The summed E-state index contributed by atoms with van der Waals surface area (Å²) < 4.78 is 0. The van der Waals surface area contributed by atoms with Crippen molar-refractivity contribution >= 4 is 35.6 Å². The Morgan fingerprint density at radius 2 is 2.00 bits per heavy atom. The molecular weight excluding hydrogens is 461 g/mol. The Hall–Kier alpha value is -1.02. The number of nitrogens with zero attached hydrogens (tertiary/aromatic N) is 3. The van der Waals surface area contributed by atoms with Gasteiger partial charge in [0.15, 0.2) is 5.96 Å². The number of nitrogens with one attached hydrogen (secondary N) is 2. The second-order valence-electron chi connectivity index (χ2n) is 8.01. The molecule has 2 fully saturated rings. The van der Waals surface area contributed by atoms with Crippen LogP contribution >= 0.6 is 24.0 Å². The average molecular weight is 499 g/mol. The first kappa shape index (κ1) is 23.3. The number of guanidine groups is 1. The maximum atomic E-state index is 4.45. The van der Waals surface area contributed by atoms with Gasteiger partial charge in [0, 0.05) is 38.9 Å². The molecule has 0 aromatic heterocycles. The normalized spacial score (nSPS) is 21.9. The number of anilines is 1. The van der Waals surface area contributed by atoms with Crippen molar-refractivity contribution in [2.75, 3.05) is 51.2 Å². The van der Waals surface area contributed by atoms with Crippen LogP contribution in [0.5, 0.6) is 0 Å². The van der Waals surface area contributed by atoms with E-state index in [4.69, 9.17) is 0 Å². The van der Waals surface area contributed by atoms with E-state index in [-0.39, 0.29) is 30.0 Å². The van der Waals surface area contributed by atoms with Crippen LogP contribution in [-0.4, -0.2) is 57.2 Å². The van der Waals surface area contributed by atoms with Gasteiger partial charge in [-0.25, -0.2) is 0 Å². The molecule has 0 saturated carbocycles. The van der Waals surface area contributed by atoms with Crippen LogP contribution in [0.2, 0.25) is 0 Å². The highest BCUT2D eigenvalue weighted by atomic mass is 127. The lowest BCUT2D eigenvalue weighted by Crippen LogP contribution is -2.44. The van der Waals surface area contributed by atoms with Crippen LogP contribution in [0.3, 0.4) is 0 Å². The SMILES string of the molecule is CCN1CCCC(CNC(=NC)NC(C)c2cccc(N3CCCC3)c2)C1.I. The minimum atomic E-state index is 0. The Morgan fingerprint density at radius 3 is 2.71 bits per heavy atom. The number of hydrogen-bond donors (Lipinski definition) is 2. The van der Waals surface area contributed by atoms with Crippen LogP contribution < -0.4 is 15.5 Å². The lowest BCUT2D eigenvalue weighted by atomic mass is 9.98. The first-order valence-corrected chi connectivity index (χ1v) is 10.7. The van der Waals surface area contributed by atoms with Crippen molar-refractivity contribution in [2.24, 2.45) is 10.9 Å². The summed E-state index contributed by atoms with van der Waals surface area (Å²) in [5, 5.41) is 7.13. The number of rotatable bonds is 6. The van der Waals surface area contributed by atoms with Gasteiger partial charge in [-0.3, -0.25) is 4.99 Å². The number of aliphatic imine (C=N–C) groups is 1. The topological polar surface area (TPSA) is 42.9 Å². The van der Waals surface area contributed by atoms with Gasteiger partial charge < -0.3 is 20.4 Å². The van der Waals surface area contributed by atoms with E-state index in [9.17, 15) is 0 Å². The Bertz CT molecular complexity index is 615. The molecule has 1 aromatic carbocycles. The standard InChI is InChI=1S/C22H37N5.HI/c1-4-26-12-8-9-19(17-26)16-24-22(23-3)25-18(2)20-10-7-11-21(15-20)27-13-5-6-14-27;/h7,10-11,15,18-19H,4-6,8-9,12-14,16-17H2,1-3H3,(H2,23,24,25);1H. The zero-order chi connectivity index (χ0) is 19.1. The lowest BCUT2D eigenvalue weighted by molar-refractivity contribution is 0.183. The molecule has 0 spiro atoms. The van der Waals surface area contributed by atoms with Crippen molar-refractivity contribution in [3.8, 4) is 0 Å². The highest BCUT2D eigenvalue weighted by Gasteiger charge is 2.19. The molecule has 0 aliphatic carbocycles. The van der Waals surface area contributed by atoms with E-state index in [1.165, 1.54) is 63.1 Å². The molecule has 2 N–H and O–H groups in total. The number of benzene rings is 1. The van der Waals surface area contributed by atoms with E-state index in [1.807, 2.05) is 7.05 Å². The van der Waals surface area contributed by atoms with E-state index in [1.54, 1.807) is 0 Å². The van der Waals surface area contributed by atoms with Crippen LogP contribution in [0.1, 0.15) is 51.1 Å². The van der Waals surface area contributed by atoms with E-state index < -0.39 is 0 Å². The molecule has 3 rings (SSSR count). The van der Waals surface area contributed by atoms with Crippen molar-refractivity contribution in [1.29, 1.82) is 0 Å². The van der Waals surface area contributed by atoms with E-state index >= 15 is 0 Å². The fourth-order valence-corrected chi connectivity index (χ4v) is 4.30. The highest BCUT2D eigenvalue weighted by Crippen LogP contribution is 2.24. The van der Waals surface area contributed by atoms with Gasteiger partial charge in [0.25, 0.3) is 0 Å². The van der Waals surface area contributed by atoms with Gasteiger partial charge in [-0.1, -0.05) is 19.1 Å². The third-order valence-corrected chi connectivity index (χ3v) is 6.03. The van der Waals surface area contributed by atoms with Gasteiger partial charge in [0.05, 0.1) is 6.04 Å². The number of piperidine rings is 1. The summed E-state index contributed by atoms with van der Waals surface area (Å²) in [6.07, 6.45) is 5.25. The summed E-state index contributed by atoms with van der Waals surface area (Å²) >= 11 is 0. The Labute approximate surface area is 188 Å². The molecule has 6 heteroatoms. The fraction of sp³-hybridized carbons (Fsp3) is 0.682. The molecule has 2 aliphatic heterocycles. The molecule has 0 bridgehead atoms. The summed E-state index contributed by atoms with van der Waals surface area (Å²) in [6, 6.07) is 9.19. The van der Waals surface area contributed by atoms with Gasteiger partial charge in [-0.2, -0.15) is 0 Å². The smallest absolute Gasteiger partial charge is 0.191 e. The first-order valence-electron chi connectivity index (χ1n) is 10.7. The van der Waals surface area contributed by atoms with E-state index in [2.05, 4.69) is 63.5 Å². The van der Waals surface area contributed by atoms with Crippen LogP contribution in [0.4, 0.5) is 5.69 Å². The van der Waals surface area contributed by atoms with Gasteiger partial charge in [-0.05, 0) is 69.3 Å². The van der Waals surface area contributed by atoms with Gasteiger partial charge in [0.2, 0.25) is 0 Å². The van der Waals surface area contributed by atoms with Gasteiger partial charge in [0.1, 0.15) is 0 Å². The largest absolute Gasteiger partial charge is 0.372 e. The monoisotopic (exact) mass is 499 g/mol. The predicted octanol–water partition coefficient (Wildman–Crippen LogP) is 3.86. The molecule has 2 aliphatic rings. The molecule has 158 valence electrons. The third-order valence-electron chi connectivity index (χ3n) is 6.03. The Kier molecular flexibility index (Phi) is 9.85. The maximum absolute atomic E-state index is 4.45. The van der Waals surface area contributed by atoms with Gasteiger partial charge in [-0.15, -0.1) is 24.0 Å². The molecule has 5 nitrogen and oxygen atoms in total. The summed E-state index contributed by atoms with van der Waals surface area (Å²) in [6.45, 7) is 11.5. The number of hydrogen-bond acceptors (Lipinski definition) is 3. The Balaban J connectivity index is 0.00000280. The molecule has 2 saturated heterocycles. The minimum absolute atomic E-state index is 0. The maximum Gasteiger partial charge on any atom is 0.191 e. The number of halogens is 1. The molecule has 0 radical (unpaired) electrons. The van der Waals surface area contributed by atoms with Crippen LogP contribution in [-0.2, 0) is 0 Å². The summed E-state index contributed by atoms with van der Waals surface area (Å²) in [5.41, 5.74) is 2.67. The summed E-state index contributed by atoms with van der Waals surface area (Å²) in [7, 11) is 1.86. The molecule has 2 atom stereocenters. The predicted molar refractivity (Wildman–Crippen MR) is 131 cm³/mol. The van der Waals surface area contributed by atoms with E-state index in [0.717, 1.165) is 19.0 Å². The highest BCUT2D eigenvalue weighted by molar-refractivity contribution is 14.0. The third kappa shape index (κ3) is 6.51. The van der Waals surface area contributed by atoms with Crippen LogP contribution in [0.25, 0.3) is 0 Å². The summed E-state index contributed by atoms with van der Waals surface area (Å²) in [4.78, 5) is 9.49. The molecular formula is C22H38IN5. The fourth-order valence-electron chi connectivity index (χ4n) is 4.30. The summed E-state index contributed by atoms with van der Waals surface area (Å²) in [5.74, 6) is 1.62. The Morgan fingerprint density at radius 1 is 1.21 bits per heavy atom. The van der Waals surface area contributed by atoms with Gasteiger partial charge >= 0.3 is 0 Å². The van der Waals surface area contributed by atoms with Crippen molar-refractivity contribution in [1.82, 2.24) is 15.5 Å². The second-order valence-corrected chi connectivity index (χ2v) is 8.01. The molecule has 2 unspecified atom stereocenters. The lowest BCUT2D eigenvalue weighted by Gasteiger charge is -2.32. The van der Waals surface area contributed by atoms with Crippen molar-refractivity contribution in [3.05, 3.63) is 29.8 Å². The first-order chi connectivity index (χ1) is 13.2. The zero-order valence-electron chi connectivity index (χ0n) is 17.8. The molecule has 0 amide bonds. The quantitative estimate of drug-likeness (QED) is 0.355. The molecule has 1 aromatic rings. The second kappa shape index (κ2) is 11.9. The van der Waals surface area contributed by atoms with Crippen molar-refractivity contribution < 1.29 is 0 Å². The van der Waals surface area contributed by atoms with Crippen molar-refractivity contribution in [2.45, 2.75) is 45.6 Å². The molecule has 28 heavy (non-hydrogen) atoms. The number of likely N-dealkylation sites (tertiary alicyclic amines) is 1. The van der Waals surface area contributed by atoms with E-state index in [0.29, 0.717) is 5.92 Å². The molecule has 2 heterocycles.